The maximum absolute atomic E-state index is 13.8. The van der Waals surface area contributed by atoms with Gasteiger partial charge in [-0.25, -0.2) is 4.39 Å². The van der Waals surface area contributed by atoms with Crippen molar-refractivity contribution in [2.75, 3.05) is 20.2 Å². The molecule has 2 aromatic rings. The Morgan fingerprint density at radius 3 is 2.48 bits per heavy atom. The third kappa shape index (κ3) is 5.50. The van der Waals surface area contributed by atoms with Gasteiger partial charge in [-0.1, -0.05) is 45.0 Å². The van der Waals surface area contributed by atoms with Gasteiger partial charge in [0.15, 0.2) is 0 Å². The van der Waals surface area contributed by atoms with Crippen molar-refractivity contribution in [3.8, 4) is 5.75 Å². The SMILES string of the molecule is COc1ccc(COC(=O)C(N2CC(C=O)C(c3cccc(F)c3)C2)C(C)(C)C)cc1. The van der Waals surface area contributed by atoms with Gasteiger partial charge >= 0.3 is 5.97 Å². The quantitative estimate of drug-likeness (QED) is 0.490. The Balaban J connectivity index is 1.75. The summed E-state index contributed by atoms with van der Waals surface area (Å²) in [4.78, 5) is 26.9. The summed E-state index contributed by atoms with van der Waals surface area (Å²) in [6.45, 7) is 7.04. The highest BCUT2D eigenvalue weighted by Crippen LogP contribution is 2.37. The fourth-order valence-electron chi connectivity index (χ4n) is 4.30. The van der Waals surface area contributed by atoms with Crippen LogP contribution in [0.5, 0.6) is 5.75 Å². The molecule has 1 fully saturated rings. The first-order valence-corrected chi connectivity index (χ1v) is 10.5. The molecule has 0 amide bonds. The van der Waals surface area contributed by atoms with Crippen molar-refractivity contribution in [3.63, 3.8) is 0 Å². The van der Waals surface area contributed by atoms with Gasteiger partial charge in [0.1, 0.15) is 30.5 Å². The molecule has 31 heavy (non-hydrogen) atoms. The lowest BCUT2D eigenvalue weighted by molar-refractivity contribution is -0.155. The van der Waals surface area contributed by atoms with Gasteiger partial charge in [-0.3, -0.25) is 9.69 Å². The van der Waals surface area contributed by atoms with Crippen LogP contribution in [0.4, 0.5) is 4.39 Å². The van der Waals surface area contributed by atoms with E-state index in [0.717, 1.165) is 23.2 Å². The molecule has 3 rings (SSSR count). The van der Waals surface area contributed by atoms with Gasteiger partial charge in [-0.15, -0.1) is 0 Å². The van der Waals surface area contributed by atoms with Crippen LogP contribution < -0.4 is 4.74 Å². The van der Waals surface area contributed by atoms with Gasteiger partial charge in [-0.2, -0.15) is 0 Å². The lowest BCUT2D eigenvalue weighted by atomic mass is 9.85. The fraction of sp³-hybridized carbons (Fsp3) is 0.440. The molecule has 3 unspecified atom stereocenters. The number of carbonyl (C=O) groups excluding carboxylic acids is 2. The zero-order valence-electron chi connectivity index (χ0n) is 18.5. The number of carbonyl (C=O) groups is 2. The maximum atomic E-state index is 13.8. The van der Waals surface area contributed by atoms with Gasteiger partial charge in [0.2, 0.25) is 0 Å². The molecular formula is C25H30FNO4. The third-order valence-electron chi connectivity index (χ3n) is 5.79. The van der Waals surface area contributed by atoms with E-state index in [1.807, 2.05) is 56.0 Å². The molecule has 0 saturated carbocycles. The zero-order valence-corrected chi connectivity index (χ0v) is 18.5. The van der Waals surface area contributed by atoms with E-state index in [9.17, 15) is 14.0 Å². The highest BCUT2D eigenvalue weighted by molar-refractivity contribution is 5.77. The van der Waals surface area contributed by atoms with Crippen LogP contribution >= 0.6 is 0 Å². The number of rotatable bonds is 7. The second-order valence-corrected chi connectivity index (χ2v) is 9.14. The molecule has 0 aromatic heterocycles. The first-order valence-electron chi connectivity index (χ1n) is 10.5. The summed E-state index contributed by atoms with van der Waals surface area (Å²) in [5.41, 5.74) is 1.24. The molecule has 1 aliphatic heterocycles. The first kappa shape index (κ1) is 22.9. The normalized spacial score (nSPS) is 20.3. The lowest BCUT2D eigenvalue weighted by Crippen LogP contribution is -2.49. The molecule has 166 valence electrons. The van der Waals surface area contributed by atoms with Gasteiger partial charge in [0.25, 0.3) is 0 Å². The van der Waals surface area contributed by atoms with E-state index in [1.165, 1.54) is 12.1 Å². The molecule has 0 radical (unpaired) electrons. The van der Waals surface area contributed by atoms with Crippen LogP contribution in [-0.4, -0.2) is 43.4 Å². The van der Waals surface area contributed by atoms with Crippen molar-refractivity contribution >= 4 is 12.3 Å². The minimum atomic E-state index is -0.522. The molecule has 0 spiro atoms. The van der Waals surface area contributed by atoms with Crippen molar-refractivity contribution in [1.29, 1.82) is 0 Å². The van der Waals surface area contributed by atoms with Crippen LogP contribution in [0.1, 0.15) is 37.8 Å². The third-order valence-corrected chi connectivity index (χ3v) is 5.79. The summed E-state index contributed by atoms with van der Waals surface area (Å²) in [6.07, 6.45) is 0.915. The molecule has 1 heterocycles. The van der Waals surface area contributed by atoms with Crippen LogP contribution in [0.25, 0.3) is 0 Å². The number of hydrogen-bond donors (Lipinski definition) is 0. The zero-order chi connectivity index (χ0) is 22.6. The summed E-state index contributed by atoms with van der Waals surface area (Å²) >= 11 is 0. The van der Waals surface area contributed by atoms with Crippen molar-refractivity contribution in [2.45, 2.75) is 39.3 Å². The highest BCUT2D eigenvalue weighted by atomic mass is 19.1. The summed E-state index contributed by atoms with van der Waals surface area (Å²) < 4.78 is 24.6. The number of aldehydes is 1. The Kier molecular flexibility index (Phi) is 7.11. The number of methoxy groups -OCH3 is 1. The Hall–Kier alpha value is -2.73. The largest absolute Gasteiger partial charge is 0.497 e. The number of esters is 1. The molecular weight excluding hydrogens is 397 g/mol. The Labute approximate surface area is 183 Å². The van der Waals surface area contributed by atoms with Crippen molar-refractivity contribution in [1.82, 2.24) is 4.90 Å². The number of benzene rings is 2. The molecule has 1 aliphatic rings. The number of ether oxygens (including phenoxy) is 2. The lowest BCUT2D eigenvalue weighted by Gasteiger charge is -2.36. The molecule has 5 nitrogen and oxygen atoms in total. The molecule has 3 atom stereocenters. The fourth-order valence-corrected chi connectivity index (χ4v) is 4.30. The predicted octanol–water partition coefficient (Wildman–Crippen LogP) is 4.21. The summed E-state index contributed by atoms with van der Waals surface area (Å²) in [6, 6.07) is 13.2. The summed E-state index contributed by atoms with van der Waals surface area (Å²) in [7, 11) is 1.60. The van der Waals surface area contributed by atoms with Crippen LogP contribution in [0.15, 0.2) is 48.5 Å². The van der Waals surface area contributed by atoms with Gasteiger partial charge < -0.3 is 14.3 Å². The van der Waals surface area contributed by atoms with Gasteiger partial charge in [-0.05, 0) is 40.8 Å². The first-order chi connectivity index (χ1) is 14.7. The average molecular weight is 428 g/mol. The average Bonchev–Trinajstić information content (AvgIpc) is 3.15. The Morgan fingerprint density at radius 2 is 1.90 bits per heavy atom. The van der Waals surface area contributed by atoms with Crippen LogP contribution in [-0.2, 0) is 20.9 Å². The van der Waals surface area contributed by atoms with Crippen LogP contribution in [0, 0.1) is 17.2 Å². The minimum absolute atomic E-state index is 0.160. The smallest absolute Gasteiger partial charge is 0.324 e. The molecule has 0 aliphatic carbocycles. The number of hydrogen-bond acceptors (Lipinski definition) is 5. The molecule has 0 N–H and O–H groups in total. The molecule has 0 bridgehead atoms. The topological polar surface area (TPSA) is 55.8 Å². The monoisotopic (exact) mass is 427 g/mol. The predicted molar refractivity (Wildman–Crippen MR) is 116 cm³/mol. The van der Waals surface area contributed by atoms with E-state index < -0.39 is 11.5 Å². The van der Waals surface area contributed by atoms with Crippen LogP contribution in [0.2, 0.25) is 0 Å². The molecule has 1 saturated heterocycles. The Morgan fingerprint density at radius 1 is 1.19 bits per heavy atom. The second kappa shape index (κ2) is 9.60. The van der Waals surface area contributed by atoms with E-state index >= 15 is 0 Å². The molecule has 6 heteroatoms. The van der Waals surface area contributed by atoms with Crippen molar-refractivity contribution < 1.29 is 23.5 Å². The summed E-state index contributed by atoms with van der Waals surface area (Å²) in [5.74, 6) is -0.379. The number of nitrogens with zero attached hydrogens (tertiary/aromatic N) is 1. The van der Waals surface area contributed by atoms with E-state index in [1.54, 1.807) is 13.2 Å². The van der Waals surface area contributed by atoms with E-state index in [-0.39, 0.29) is 30.2 Å². The highest BCUT2D eigenvalue weighted by Gasteiger charge is 2.44. The second-order valence-electron chi connectivity index (χ2n) is 9.14. The maximum Gasteiger partial charge on any atom is 0.324 e. The van der Waals surface area contributed by atoms with Crippen molar-refractivity contribution in [2.24, 2.45) is 11.3 Å². The van der Waals surface area contributed by atoms with Gasteiger partial charge in [0, 0.05) is 24.9 Å². The van der Waals surface area contributed by atoms with E-state index in [0.29, 0.717) is 13.1 Å². The summed E-state index contributed by atoms with van der Waals surface area (Å²) in [5, 5.41) is 0. The molecule has 2 aromatic carbocycles. The number of likely N-dealkylation sites (tertiary alicyclic amines) is 1. The van der Waals surface area contributed by atoms with Gasteiger partial charge in [0.05, 0.1) is 7.11 Å². The van der Waals surface area contributed by atoms with E-state index in [2.05, 4.69) is 0 Å². The van der Waals surface area contributed by atoms with E-state index in [4.69, 9.17) is 9.47 Å². The standard InChI is InChI=1S/C25H30FNO4/c1-25(2,3)23(24(29)31-16-17-8-10-21(30-4)11-9-17)27-13-19(15-28)22(14-27)18-6-5-7-20(26)12-18/h5-12,15,19,22-23H,13-14,16H2,1-4H3. The minimum Gasteiger partial charge on any atom is -0.497 e. The number of halogens is 1. The van der Waals surface area contributed by atoms with Crippen LogP contribution in [0.3, 0.4) is 0 Å². The Bertz CT molecular complexity index is 906. The van der Waals surface area contributed by atoms with Crippen molar-refractivity contribution in [3.05, 3.63) is 65.5 Å².